The van der Waals surface area contributed by atoms with Gasteiger partial charge in [0.1, 0.15) is 0 Å². The molecule has 0 spiro atoms. The van der Waals surface area contributed by atoms with Gasteiger partial charge in [-0.2, -0.15) is 5.70 Å². The van der Waals surface area contributed by atoms with Crippen molar-refractivity contribution in [2.45, 2.75) is 25.3 Å². The number of carboxylic acids is 1. The Labute approximate surface area is 129 Å². The number of carboxylic acid groups (broad SMARTS) is 1. The van der Waals surface area contributed by atoms with Crippen molar-refractivity contribution in [3.8, 4) is 0 Å². The Morgan fingerprint density at radius 2 is 2.21 bits per heavy atom. The minimum Gasteiger partial charge on any atom is -0.668 e. The monoisotopic (exact) mass is 466 g/mol. The molecule has 7 heteroatoms. The number of hydrogen-bond donors (Lipinski definition) is 1. The average Bonchev–Trinajstić information content (AvgIpc) is 2.51. The van der Waals surface area contributed by atoms with Gasteiger partial charge in [-0.1, -0.05) is 38.0 Å². The SMILES string of the molecule is C1=CC[N-]C(C2CCCC[N-]2)=C1.[Cl][Pt].[NH-]CC(=O)O. The topological polar surface area (TPSA) is 89.3 Å². The van der Waals surface area contributed by atoms with Crippen LogP contribution in [0.4, 0.5) is 0 Å². The fourth-order valence-electron chi connectivity index (χ4n) is 1.68. The van der Waals surface area contributed by atoms with Crippen LogP contribution in [0.1, 0.15) is 19.3 Å². The maximum atomic E-state index is 9.18. The Morgan fingerprint density at radius 1 is 1.53 bits per heavy atom. The smallest absolute Gasteiger partial charge is 0.282 e. The zero-order valence-corrected chi connectivity index (χ0v) is 13.5. The average molecular weight is 467 g/mol. The molecule has 5 nitrogen and oxygen atoms in total. The van der Waals surface area contributed by atoms with Crippen molar-refractivity contribution in [3.63, 3.8) is 0 Å². The molecule has 1 fully saturated rings. The Hall–Kier alpha value is -0.352. The molecule has 0 saturated carbocycles. The van der Waals surface area contributed by atoms with E-state index in [9.17, 15) is 4.79 Å². The number of piperidine rings is 1. The van der Waals surface area contributed by atoms with Gasteiger partial charge in [-0.25, -0.2) is 0 Å². The van der Waals surface area contributed by atoms with Crippen molar-refractivity contribution in [1.29, 1.82) is 0 Å². The van der Waals surface area contributed by atoms with Gasteiger partial charge in [0.15, 0.2) is 0 Å². The predicted molar refractivity (Wildman–Crippen MR) is 74.0 cm³/mol. The molecule has 2 heterocycles. The molecule has 0 radical (unpaired) electrons. The standard InChI is InChI=1S/C10H14N2.C2H4NO2.ClH.Pt/c1-3-7-11-9(5-1)10-6-2-4-8-12-10;3-1-2(4)5;;/h1,3,5,10H,2,4,6-8H2;3H,1H2,(H,4,5);1H;/q-2;-1;;+1/p-1. The van der Waals surface area contributed by atoms with Gasteiger partial charge in [0.2, 0.25) is 0 Å². The molecule has 1 saturated heterocycles. The van der Waals surface area contributed by atoms with E-state index in [1.165, 1.54) is 25.0 Å². The molecule has 19 heavy (non-hydrogen) atoms. The quantitative estimate of drug-likeness (QED) is 0.674. The summed E-state index contributed by atoms with van der Waals surface area (Å²) in [5, 5.41) is 16.5. The number of nitrogens with zero attached hydrogens (tertiary/aromatic N) is 2. The first-order valence-electron chi connectivity index (χ1n) is 5.93. The number of aliphatic carboxylic acids is 1. The van der Waals surface area contributed by atoms with E-state index in [1.807, 2.05) is 0 Å². The Morgan fingerprint density at radius 3 is 2.63 bits per heavy atom. The summed E-state index contributed by atoms with van der Waals surface area (Å²) < 4.78 is 0. The number of allylic oxidation sites excluding steroid dienone is 2. The van der Waals surface area contributed by atoms with Gasteiger partial charge in [-0.15, -0.1) is 25.2 Å². The van der Waals surface area contributed by atoms with E-state index in [0.29, 0.717) is 6.04 Å². The summed E-state index contributed by atoms with van der Waals surface area (Å²) in [6.07, 6.45) is 10.0. The first kappa shape index (κ1) is 18.6. The Bertz CT molecular complexity index is 305. The van der Waals surface area contributed by atoms with E-state index in [1.54, 1.807) is 18.8 Å². The number of hydrogen-bond acceptors (Lipinski definition) is 1. The molecule has 0 aromatic rings. The second-order valence-corrected chi connectivity index (χ2v) is 3.85. The van der Waals surface area contributed by atoms with E-state index in [2.05, 4.69) is 38.3 Å². The molecule has 0 aromatic carbocycles. The summed E-state index contributed by atoms with van der Waals surface area (Å²) in [4.78, 5) is 9.18. The van der Waals surface area contributed by atoms with Gasteiger partial charge in [-0.05, 0) is 0 Å². The van der Waals surface area contributed by atoms with E-state index >= 15 is 0 Å². The molecule has 2 rings (SSSR count). The predicted octanol–water partition coefficient (Wildman–Crippen LogP) is 3.55. The molecule has 2 aliphatic rings. The van der Waals surface area contributed by atoms with Crippen molar-refractivity contribution in [1.82, 2.24) is 0 Å². The van der Waals surface area contributed by atoms with Crippen molar-refractivity contribution in [2.75, 3.05) is 19.6 Å². The van der Waals surface area contributed by atoms with Crippen LogP contribution in [0.15, 0.2) is 23.9 Å². The summed E-state index contributed by atoms with van der Waals surface area (Å²) in [6, 6.07) is 0.406. The minimum absolute atomic E-state index is 0.406. The van der Waals surface area contributed by atoms with E-state index in [0.717, 1.165) is 13.1 Å². The number of rotatable bonds is 2. The molecular formula is C12H18ClN3O2Pt-3. The number of halogens is 1. The third kappa shape index (κ3) is 9.22. The Kier molecular flexibility index (Phi) is 12.4. The number of nitrogens with one attached hydrogen (secondary N) is 1. The zero-order valence-electron chi connectivity index (χ0n) is 10.5. The maximum absolute atomic E-state index is 9.18. The molecule has 2 aliphatic heterocycles. The molecule has 1 atom stereocenters. The van der Waals surface area contributed by atoms with Crippen LogP contribution in [0.5, 0.6) is 0 Å². The molecule has 0 bridgehead atoms. The first-order chi connectivity index (χ1) is 9.24. The van der Waals surface area contributed by atoms with Crippen molar-refractivity contribution >= 4 is 15.4 Å². The molecule has 113 valence electrons. The maximum Gasteiger partial charge on any atom is 0.282 e. The fraction of sp³-hybridized carbons (Fsp3) is 0.583. The van der Waals surface area contributed by atoms with Crippen LogP contribution in [0.25, 0.3) is 16.4 Å². The molecule has 1 unspecified atom stereocenters. The van der Waals surface area contributed by atoms with Crippen LogP contribution >= 0.6 is 9.42 Å². The van der Waals surface area contributed by atoms with E-state index in [4.69, 9.17) is 10.8 Å². The molecule has 2 N–H and O–H groups in total. The van der Waals surface area contributed by atoms with Gasteiger partial charge in [0.25, 0.3) is 5.97 Å². The van der Waals surface area contributed by atoms with Crippen LogP contribution < -0.4 is 0 Å². The summed E-state index contributed by atoms with van der Waals surface area (Å²) in [5.74, 6) is -1.08. The van der Waals surface area contributed by atoms with Crippen molar-refractivity contribution in [3.05, 3.63) is 40.3 Å². The van der Waals surface area contributed by atoms with Gasteiger partial charge in [0.05, 0.1) is 0 Å². The fourth-order valence-corrected chi connectivity index (χ4v) is 1.68. The van der Waals surface area contributed by atoms with Crippen LogP contribution in [-0.4, -0.2) is 36.8 Å². The van der Waals surface area contributed by atoms with Crippen LogP contribution in [0.2, 0.25) is 0 Å². The van der Waals surface area contributed by atoms with Crippen molar-refractivity contribution in [2.24, 2.45) is 0 Å². The van der Waals surface area contributed by atoms with Crippen molar-refractivity contribution < 1.29 is 28.7 Å². The van der Waals surface area contributed by atoms with E-state index in [-0.39, 0.29) is 0 Å². The second-order valence-electron chi connectivity index (χ2n) is 3.85. The third-order valence-electron chi connectivity index (χ3n) is 2.51. The van der Waals surface area contributed by atoms with Gasteiger partial charge < -0.3 is 21.5 Å². The van der Waals surface area contributed by atoms with Crippen LogP contribution in [0.3, 0.4) is 0 Å². The Balaban J connectivity index is 0.000000396. The first-order valence-corrected chi connectivity index (χ1v) is 8.74. The zero-order chi connectivity index (χ0) is 14.5. The minimum atomic E-state index is -1.08. The normalized spacial score (nSPS) is 20.8. The summed E-state index contributed by atoms with van der Waals surface area (Å²) in [5.41, 5.74) is 7.25. The molecule has 0 aromatic heterocycles. The van der Waals surface area contributed by atoms with Gasteiger partial charge >= 0.3 is 28.2 Å². The summed E-state index contributed by atoms with van der Waals surface area (Å²) in [7, 11) is 4.61. The third-order valence-corrected chi connectivity index (χ3v) is 2.51. The summed E-state index contributed by atoms with van der Waals surface area (Å²) in [6.45, 7) is 1.35. The van der Waals surface area contributed by atoms with E-state index < -0.39 is 12.5 Å². The van der Waals surface area contributed by atoms with Gasteiger partial charge in [0, 0.05) is 0 Å². The summed E-state index contributed by atoms with van der Waals surface area (Å²) >= 11 is 1.61. The molecule has 0 aliphatic carbocycles. The molecular weight excluding hydrogens is 449 g/mol. The largest absolute Gasteiger partial charge is 0.668 e. The van der Waals surface area contributed by atoms with Gasteiger partial charge in [-0.3, -0.25) is 4.79 Å². The van der Waals surface area contributed by atoms with Crippen LogP contribution in [0, 0.1) is 0 Å². The number of carbonyl (C=O) groups is 1. The molecule has 0 amide bonds. The second kappa shape index (κ2) is 12.7. The van der Waals surface area contributed by atoms with Crippen LogP contribution in [-0.2, 0) is 23.6 Å².